The number of carbonyl (C=O) groups is 1. The van der Waals surface area contributed by atoms with Crippen molar-refractivity contribution in [3.05, 3.63) is 62.7 Å². The Balaban J connectivity index is 1.88. The first-order valence-corrected chi connectivity index (χ1v) is 10.5. The van der Waals surface area contributed by atoms with Gasteiger partial charge in [-0.3, -0.25) is 4.79 Å². The van der Waals surface area contributed by atoms with Gasteiger partial charge in [-0.1, -0.05) is 35.9 Å². The number of fused-ring (bicyclic) bond motifs is 3. The fourth-order valence-corrected chi connectivity index (χ4v) is 4.78. The topological polar surface area (TPSA) is 91.4 Å². The molecule has 3 N–H and O–H groups in total. The molecular weight excluding hydrogens is 424 g/mol. The van der Waals surface area contributed by atoms with Gasteiger partial charge in [-0.15, -0.1) is 11.3 Å². The van der Waals surface area contributed by atoms with E-state index in [0.717, 1.165) is 27.5 Å². The zero-order valence-corrected chi connectivity index (χ0v) is 17.9. The molecule has 0 radical (unpaired) electrons. The van der Waals surface area contributed by atoms with E-state index in [2.05, 4.69) is 10.3 Å². The summed E-state index contributed by atoms with van der Waals surface area (Å²) >= 11 is 7.85. The molecule has 154 valence electrons. The first-order chi connectivity index (χ1) is 14.4. The molecule has 2 aromatic carbocycles. The van der Waals surface area contributed by atoms with E-state index in [-0.39, 0.29) is 11.6 Å². The van der Waals surface area contributed by atoms with Crippen LogP contribution in [0.3, 0.4) is 0 Å². The van der Waals surface area contributed by atoms with Crippen LogP contribution in [0.1, 0.15) is 12.5 Å². The van der Waals surface area contributed by atoms with Crippen LogP contribution in [0, 0.1) is 0 Å². The molecule has 1 atom stereocenters. The number of rotatable bonds is 5. The van der Waals surface area contributed by atoms with Crippen molar-refractivity contribution in [3.8, 4) is 16.9 Å². The summed E-state index contributed by atoms with van der Waals surface area (Å²) in [6.45, 7) is 1.82. The third-order valence-electron chi connectivity index (χ3n) is 5.00. The van der Waals surface area contributed by atoms with Crippen molar-refractivity contribution in [1.29, 1.82) is 0 Å². The lowest BCUT2D eigenvalue weighted by atomic mass is 9.95. The average molecular weight is 443 g/mol. The molecular formula is C22H19ClN2O4S. The molecule has 0 saturated heterocycles. The molecule has 0 bridgehead atoms. The fourth-order valence-electron chi connectivity index (χ4n) is 3.74. The molecule has 4 rings (SSSR count). The Labute approximate surface area is 181 Å². The molecule has 1 unspecified atom stereocenters. The van der Waals surface area contributed by atoms with Crippen LogP contribution >= 0.6 is 22.9 Å². The molecule has 0 aliphatic heterocycles. The van der Waals surface area contributed by atoms with E-state index in [9.17, 15) is 9.59 Å². The minimum atomic E-state index is -1.04. The Morgan fingerprint density at radius 2 is 2.03 bits per heavy atom. The van der Waals surface area contributed by atoms with E-state index in [0.29, 0.717) is 27.4 Å². The maximum absolute atomic E-state index is 12.4. The Kier molecular flexibility index (Phi) is 5.40. The third-order valence-corrected chi connectivity index (χ3v) is 6.21. The summed E-state index contributed by atoms with van der Waals surface area (Å²) in [6, 6.07) is 11.3. The summed E-state index contributed by atoms with van der Waals surface area (Å²) in [7, 11) is 1.59. The van der Waals surface area contributed by atoms with Gasteiger partial charge in [-0.05, 0) is 35.9 Å². The van der Waals surface area contributed by atoms with Crippen molar-refractivity contribution in [2.75, 3.05) is 7.11 Å². The number of carboxylic acid groups (broad SMARTS) is 1. The number of halogens is 1. The number of H-pyrrole nitrogens is 1. The highest BCUT2D eigenvalue weighted by Crippen LogP contribution is 2.43. The second-order valence-electron chi connectivity index (χ2n) is 7.05. The molecule has 0 aliphatic rings. The van der Waals surface area contributed by atoms with Crippen LogP contribution in [0.5, 0.6) is 5.75 Å². The van der Waals surface area contributed by atoms with Gasteiger partial charge in [0.1, 0.15) is 10.4 Å². The number of hydrogen-bond donors (Lipinski definition) is 3. The Hall–Kier alpha value is -3.03. The number of amides is 1. The van der Waals surface area contributed by atoms with Gasteiger partial charge >= 0.3 is 6.09 Å². The van der Waals surface area contributed by atoms with Crippen LogP contribution in [0.25, 0.3) is 32.1 Å². The van der Waals surface area contributed by atoms with Gasteiger partial charge in [0.15, 0.2) is 0 Å². The molecule has 6 nitrogen and oxygen atoms in total. The van der Waals surface area contributed by atoms with Crippen LogP contribution in [-0.2, 0) is 6.42 Å². The number of methoxy groups -OCH3 is 1. The van der Waals surface area contributed by atoms with Crippen molar-refractivity contribution in [2.24, 2.45) is 0 Å². The standard InChI is InChI=1S/C22H19ClN2O4S/c1-11(24-22(27)28)9-12-3-5-13(6-4-12)17-16(29-2)10-15(23)19-18(17)14-7-8-30-20(14)21(26)25-19/h3-8,10-11,24H,9H2,1-2H3,(H,25,26)(H,27,28). The molecule has 0 spiro atoms. The Morgan fingerprint density at radius 1 is 1.30 bits per heavy atom. The Morgan fingerprint density at radius 3 is 2.70 bits per heavy atom. The van der Waals surface area contributed by atoms with Crippen LogP contribution < -0.4 is 15.6 Å². The predicted molar refractivity (Wildman–Crippen MR) is 121 cm³/mol. The second-order valence-corrected chi connectivity index (χ2v) is 8.38. The van der Waals surface area contributed by atoms with Gasteiger partial charge in [0.05, 0.1) is 17.6 Å². The number of thiophene rings is 1. The minimum absolute atomic E-state index is 0.166. The van der Waals surface area contributed by atoms with Gasteiger partial charge in [0.25, 0.3) is 5.56 Å². The number of nitrogens with one attached hydrogen (secondary N) is 2. The summed E-state index contributed by atoms with van der Waals surface area (Å²) in [5.74, 6) is 0.612. The van der Waals surface area contributed by atoms with Crippen molar-refractivity contribution in [3.63, 3.8) is 0 Å². The van der Waals surface area contributed by atoms with Crippen LogP contribution in [0.4, 0.5) is 4.79 Å². The van der Waals surface area contributed by atoms with E-state index < -0.39 is 6.09 Å². The molecule has 30 heavy (non-hydrogen) atoms. The molecule has 4 aromatic rings. The van der Waals surface area contributed by atoms with E-state index in [1.54, 1.807) is 13.2 Å². The largest absolute Gasteiger partial charge is 0.496 e. The SMILES string of the molecule is COc1cc(Cl)c2[nH]c(=O)c3sccc3c2c1-c1ccc(CC(C)NC(=O)O)cc1. The zero-order chi connectivity index (χ0) is 21.4. The summed E-state index contributed by atoms with van der Waals surface area (Å²) in [5, 5.41) is 15.3. The Bertz CT molecular complexity index is 1310. The van der Waals surface area contributed by atoms with Gasteiger partial charge in [0.2, 0.25) is 0 Å². The number of benzene rings is 2. The molecule has 0 fully saturated rings. The lowest BCUT2D eigenvalue weighted by molar-refractivity contribution is 0.190. The lowest BCUT2D eigenvalue weighted by Crippen LogP contribution is -2.32. The van der Waals surface area contributed by atoms with Gasteiger partial charge in [0, 0.05) is 28.4 Å². The first-order valence-electron chi connectivity index (χ1n) is 9.27. The fraction of sp³-hybridized carbons (Fsp3) is 0.182. The monoisotopic (exact) mass is 442 g/mol. The van der Waals surface area contributed by atoms with Gasteiger partial charge in [-0.2, -0.15) is 0 Å². The number of hydrogen-bond acceptors (Lipinski definition) is 4. The number of aromatic amines is 1. The van der Waals surface area contributed by atoms with E-state index in [1.807, 2.05) is 42.6 Å². The van der Waals surface area contributed by atoms with Crippen molar-refractivity contribution >= 4 is 50.0 Å². The maximum Gasteiger partial charge on any atom is 0.404 e. The molecule has 2 aromatic heterocycles. The quantitative estimate of drug-likeness (QED) is 0.392. The van der Waals surface area contributed by atoms with E-state index in [4.69, 9.17) is 21.4 Å². The van der Waals surface area contributed by atoms with Crippen LogP contribution in [0.15, 0.2) is 46.6 Å². The summed E-state index contributed by atoms with van der Waals surface area (Å²) in [4.78, 5) is 26.2. The second kappa shape index (κ2) is 8.01. The highest BCUT2D eigenvalue weighted by molar-refractivity contribution is 7.17. The van der Waals surface area contributed by atoms with Crippen LogP contribution in [0.2, 0.25) is 5.02 Å². The molecule has 1 amide bonds. The molecule has 0 aliphatic carbocycles. The van der Waals surface area contributed by atoms with Crippen LogP contribution in [-0.4, -0.2) is 29.3 Å². The van der Waals surface area contributed by atoms with Crippen molar-refractivity contribution < 1.29 is 14.6 Å². The summed E-state index contributed by atoms with van der Waals surface area (Å²) < 4.78 is 6.27. The number of ether oxygens (including phenoxy) is 1. The minimum Gasteiger partial charge on any atom is -0.496 e. The van der Waals surface area contributed by atoms with E-state index >= 15 is 0 Å². The normalized spacial score (nSPS) is 12.2. The van der Waals surface area contributed by atoms with Gasteiger partial charge in [-0.25, -0.2) is 4.79 Å². The maximum atomic E-state index is 12.4. The number of pyridine rings is 1. The molecule has 8 heteroatoms. The van der Waals surface area contributed by atoms with Crippen molar-refractivity contribution in [2.45, 2.75) is 19.4 Å². The number of aromatic nitrogens is 1. The highest BCUT2D eigenvalue weighted by Gasteiger charge is 2.19. The van der Waals surface area contributed by atoms with Gasteiger partial charge < -0.3 is 20.1 Å². The first kappa shape index (κ1) is 20.3. The third kappa shape index (κ3) is 3.62. The summed E-state index contributed by atoms with van der Waals surface area (Å²) in [5.41, 5.74) is 3.18. The predicted octanol–water partition coefficient (Wildman–Crippen LogP) is 5.27. The lowest BCUT2D eigenvalue weighted by Gasteiger charge is -2.16. The molecule has 2 heterocycles. The summed E-state index contributed by atoms with van der Waals surface area (Å²) in [6.07, 6.45) is -0.460. The smallest absolute Gasteiger partial charge is 0.404 e. The average Bonchev–Trinajstić information content (AvgIpc) is 3.19. The highest BCUT2D eigenvalue weighted by atomic mass is 35.5. The zero-order valence-electron chi connectivity index (χ0n) is 16.3. The van der Waals surface area contributed by atoms with E-state index in [1.165, 1.54) is 11.3 Å². The van der Waals surface area contributed by atoms with Crippen molar-refractivity contribution in [1.82, 2.24) is 10.3 Å². The molecule has 0 saturated carbocycles.